The summed E-state index contributed by atoms with van der Waals surface area (Å²) in [7, 11) is 0. The number of piperidine rings is 1. The summed E-state index contributed by atoms with van der Waals surface area (Å²) >= 11 is 0. The lowest BCUT2D eigenvalue weighted by atomic mass is 10.0. The van der Waals surface area contributed by atoms with Gasteiger partial charge in [0.15, 0.2) is 0 Å². The number of likely N-dealkylation sites (tertiary alicyclic amines) is 1. The van der Waals surface area contributed by atoms with Crippen LogP contribution in [0.1, 0.15) is 37.3 Å². The minimum absolute atomic E-state index is 0.254. The van der Waals surface area contributed by atoms with Gasteiger partial charge in [0.1, 0.15) is 0 Å². The molecule has 0 bridgehead atoms. The number of hydrogen-bond donors (Lipinski definition) is 0. The predicted molar refractivity (Wildman–Crippen MR) is 88.8 cm³/mol. The molecular weight excluding hydrogens is 274 g/mol. The van der Waals surface area contributed by atoms with Crippen LogP contribution in [-0.4, -0.2) is 33.4 Å². The third kappa shape index (κ3) is 2.91. The van der Waals surface area contributed by atoms with Gasteiger partial charge < -0.3 is 9.47 Å². The maximum atomic E-state index is 12.1. The van der Waals surface area contributed by atoms with Crippen molar-refractivity contribution >= 4 is 16.9 Å². The van der Waals surface area contributed by atoms with Crippen molar-refractivity contribution in [1.82, 2.24) is 14.5 Å². The number of imidazole rings is 1. The molecular formula is C18H23N3O. The molecule has 1 aromatic carbocycles. The van der Waals surface area contributed by atoms with Gasteiger partial charge in [-0.15, -0.1) is 6.58 Å². The normalized spacial score (nSPS) is 16.1. The highest BCUT2D eigenvalue weighted by Gasteiger charge is 2.24. The van der Waals surface area contributed by atoms with Gasteiger partial charge in [-0.05, 0) is 43.9 Å². The summed E-state index contributed by atoms with van der Waals surface area (Å²) in [6, 6.07) is 6.81. The Morgan fingerprint density at radius 3 is 2.91 bits per heavy atom. The van der Waals surface area contributed by atoms with E-state index in [0.29, 0.717) is 12.5 Å². The van der Waals surface area contributed by atoms with Crippen LogP contribution in [0.3, 0.4) is 0 Å². The molecule has 4 heteroatoms. The molecule has 22 heavy (non-hydrogen) atoms. The van der Waals surface area contributed by atoms with Crippen molar-refractivity contribution in [2.45, 2.75) is 38.6 Å². The van der Waals surface area contributed by atoms with Crippen molar-refractivity contribution in [3.63, 3.8) is 0 Å². The van der Waals surface area contributed by atoms with Gasteiger partial charge in [-0.3, -0.25) is 4.79 Å². The molecule has 116 valence electrons. The molecule has 1 aliphatic rings. The van der Waals surface area contributed by atoms with Crippen molar-refractivity contribution in [3.05, 3.63) is 42.7 Å². The topological polar surface area (TPSA) is 38.1 Å². The number of amides is 1. The number of allylic oxidation sites excluding steroid dienone is 1. The quantitative estimate of drug-likeness (QED) is 0.810. The number of benzene rings is 1. The molecule has 4 nitrogen and oxygen atoms in total. The molecule has 2 heterocycles. The summed E-state index contributed by atoms with van der Waals surface area (Å²) in [5.74, 6) is 0.254. The number of carbonyl (C=O) groups is 1. The van der Waals surface area contributed by atoms with E-state index in [2.05, 4.69) is 41.3 Å². The van der Waals surface area contributed by atoms with E-state index in [9.17, 15) is 4.79 Å². The van der Waals surface area contributed by atoms with Gasteiger partial charge >= 0.3 is 0 Å². The molecule has 1 saturated heterocycles. The summed E-state index contributed by atoms with van der Waals surface area (Å²) in [5.41, 5.74) is 3.51. The van der Waals surface area contributed by atoms with Crippen molar-refractivity contribution in [2.75, 3.05) is 13.1 Å². The predicted octanol–water partition coefficient (Wildman–Crippen LogP) is 3.47. The molecule has 0 saturated carbocycles. The number of hydrogen-bond acceptors (Lipinski definition) is 2. The number of rotatable bonds is 4. The second-order valence-corrected chi connectivity index (χ2v) is 6.08. The van der Waals surface area contributed by atoms with E-state index >= 15 is 0 Å². The first kappa shape index (κ1) is 14.8. The van der Waals surface area contributed by atoms with Crippen molar-refractivity contribution < 1.29 is 4.79 Å². The highest BCUT2D eigenvalue weighted by Crippen LogP contribution is 2.27. The van der Waals surface area contributed by atoms with Crippen LogP contribution in [0.4, 0.5) is 0 Å². The molecule has 1 amide bonds. The second kappa shape index (κ2) is 6.34. The molecule has 2 aromatic rings. The van der Waals surface area contributed by atoms with Crippen LogP contribution in [0.2, 0.25) is 0 Å². The average Bonchev–Trinajstić information content (AvgIpc) is 2.95. The standard InChI is InChI=1S/C18H23N3O/c1-3-4-5-18(22)20-10-8-15(9-11-20)21-13-19-16-7-6-14(2)12-17(16)21/h3,6-7,12-13,15H,1,4-5,8-11H2,2H3. The van der Waals surface area contributed by atoms with Crippen LogP contribution in [0.5, 0.6) is 0 Å². The summed E-state index contributed by atoms with van der Waals surface area (Å²) in [6.45, 7) is 7.47. The lowest BCUT2D eigenvalue weighted by molar-refractivity contribution is -0.132. The molecule has 1 fully saturated rings. The third-order valence-electron chi connectivity index (χ3n) is 4.50. The first-order valence-corrected chi connectivity index (χ1v) is 8.01. The minimum Gasteiger partial charge on any atom is -0.343 e. The smallest absolute Gasteiger partial charge is 0.222 e. The van der Waals surface area contributed by atoms with E-state index in [1.807, 2.05) is 17.3 Å². The Balaban J connectivity index is 1.69. The minimum atomic E-state index is 0.254. The van der Waals surface area contributed by atoms with Crippen LogP contribution < -0.4 is 0 Å². The number of aryl methyl sites for hydroxylation is 1. The van der Waals surface area contributed by atoms with Gasteiger partial charge in [0, 0.05) is 25.6 Å². The highest BCUT2D eigenvalue weighted by molar-refractivity contribution is 5.77. The summed E-state index contributed by atoms with van der Waals surface area (Å²) in [6.07, 6.45) is 7.11. The Hall–Kier alpha value is -2.10. The van der Waals surface area contributed by atoms with Gasteiger partial charge in [-0.2, -0.15) is 0 Å². The van der Waals surface area contributed by atoms with E-state index in [1.54, 1.807) is 0 Å². The van der Waals surface area contributed by atoms with Gasteiger partial charge in [-0.25, -0.2) is 4.98 Å². The average molecular weight is 297 g/mol. The number of nitrogens with zero attached hydrogens (tertiary/aromatic N) is 3. The Morgan fingerprint density at radius 1 is 1.41 bits per heavy atom. The molecule has 0 radical (unpaired) electrons. The molecule has 1 aliphatic heterocycles. The summed E-state index contributed by atoms with van der Waals surface area (Å²) < 4.78 is 2.29. The number of carbonyl (C=O) groups excluding carboxylic acids is 1. The van der Waals surface area contributed by atoms with Crippen LogP contribution >= 0.6 is 0 Å². The van der Waals surface area contributed by atoms with E-state index < -0.39 is 0 Å². The number of aromatic nitrogens is 2. The lowest BCUT2D eigenvalue weighted by Gasteiger charge is -2.33. The van der Waals surface area contributed by atoms with E-state index in [1.165, 1.54) is 11.1 Å². The SMILES string of the molecule is C=CCCC(=O)N1CCC(n2cnc3ccc(C)cc32)CC1. The van der Waals surface area contributed by atoms with Gasteiger partial charge in [0.25, 0.3) is 0 Å². The van der Waals surface area contributed by atoms with E-state index in [-0.39, 0.29) is 5.91 Å². The molecule has 1 aromatic heterocycles. The van der Waals surface area contributed by atoms with Crippen molar-refractivity contribution in [2.24, 2.45) is 0 Å². The third-order valence-corrected chi connectivity index (χ3v) is 4.50. The van der Waals surface area contributed by atoms with E-state index in [4.69, 9.17) is 0 Å². The fourth-order valence-electron chi connectivity index (χ4n) is 3.20. The Kier molecular flexibility index (Phi) is 4.27. The first-order chi connectivity index (χ1) is 10.7. The fourth-order valence-corrected chi connectivity index (χ4v) is 3.20. The van der Waals surface area contributed by atoms with E-state index in [0.717, 1.165) is 37.9 Å². The molecule has 0 atom stereocenters. The Morgan fingerprint density at radius 2 is 2.18 bits per heavy atom. The van der Waals surface area contributed by atoms with Crippen LogP contribution in [0.25, 0.3) is 11.0 Å². The molecule has 0 aliphatic carbocycles. The van der Waals surface area contributed by atoms with Crippen molar-refractivity contribution in [1.29, 1.82) is 0 Å². The van der Waals surface area contributed by atoms with Gasteiger partial charge in [-0.1, -0.05) is 12.1 Å². The zero-order valence-electron chi connectivity index (χ0n) is 13.2. The number of fused-ring (bicyclic) bond motifs is 1. The van der Waals surface area contributed by atoms with Crippen molar-refractivity contribution in [3.8, 4) is 0 Å². The monoisotopic (exact) mass is 297 g/mol. The zero-order chi connectivity index (χ0) is 15.5. The second-order valence-electron chi connectivity index (χ2n) is 6.08. The Labute approximate surface area is 131 Å². The molecule has 0 N–H and O–H groups in total. The Bertz CT molecular complexity index is 681. The zero-order valence-corrected chi connectivity index (χ0v) is 13.2. The lowest BCUT2D eigenvalue weighted by Crippen LogP contribution is -2.38. The molecule has 0 unspecified atom stereocenters. The van der Waals surface area contributed by atoms with Crippen LogP contribution in [-0.2, 0) is 4.79 Å². The van der Waals surface area contributed by atoms with Gasteiger partial charge in [0.05, 0.1) is 17.4 Å². The maximum absolute atomic E-state index is 12.1. The largest absolute Gasteiger partial charge is 0.343 e. The molecule has 3 rings (SSSR count). The highest BCUT2D eigenvalue weighted by atomic mass is 16.2. The summed E-state index contributed by atoms with van der Waals surface area (Å²) in [4.78, 5) is 18.6. The molecule has 0 spiro atoms. The van der Waals surface area contributed by atoms with Gasteiger partial charge in [0.2, 0.25) is 5.91 Å². The summed E-state index contributed by atoms with van der Waals surface area (Å²) in [5, 5.41) is 0. The maximum Gasteiger partial charge on any atom is 0.222 e. The van der Waals surface area contributed by atoms with Crippen LogP contribution in [0, 0.1) is 6.92 Å². The fraction of sp³-hybridized carbons (Fsp3) is 0.444. The van der Waals surface area contributed by atoms with Crippen LogP contribution in [0.15, 0.2) is 37.2 Å². The first-order valence-electron chi connectivity index (χ1n) is 8.01.